The fourth-order valence-corrected chi connectivity index (χ4v) is 2.62. The fraction of sp³-hybridized carbons (Fsp3) is 0.438. The maximum atomic E-state index is 13.4. The van der Waals surface area contributed by atoms with Crippen LogP contribution in [0.3, 0.4) is 0 Å². The molecule has 1 aliphatic rings. The standard InChI is InChI=1S/C16H21FN2O/c1-2-11-19-14(7-8-16(19)20)9-10-18-12-13-5-3-4-6-15(13)17/h2-6,14,18H,1,7-12H2. The second-order valence-corrected chi connectivity index (χ2v) is 5.08. The zero-order chi connectivity index (χ0) is 14.4. The molecule has 1 aromatic carbocycles. The van der Waals surface area contributed by atoms with Crippen molar-refractivity contribution >= 4 is 5.91 Å². The molecule has 4 heteroatoms. The fourth-order valence-electron chi connectivity index (χ4n) is 2.62. The van der Waals surface area contributed by atoms with E-state index in [0.717, 1.165) is 19.4 Å². The third-order valence-corrected chi connectivity index (χ3v) is 3.71. The summed E-state index contributed by atoms with van der Waals surface area (Å²) < 4.78 is 13.4. The molecule has 1 N–H and O–H groups in total. The number of nitrogens with zero attached hydrogens (tertiary/aromatic N) is 1. The molecule has 1 aromatic rings. The number of rotatable bonds is 7. The van der Waals surface area contributed by atoms with Gasteiger partial charge in [-0.25, -0.2) is 4.39 Å². The van der Waals surface area contributed by atoms with Crippen LogP contribution in [0.25, 0.3) is 0 Å². The van der Waals surface area contributed by atoms with Gasteiger partial charge in [-0.05, 0) is 25.5 Å². The van der Waals surface area contributed by atoms with Gasteiger partial charge in [0.05, 0.1) is 0 Å². The van der Waals surface area contributed by atoms with Crippen molar-refractivity contribution in [3.05, 3.63) is 48.3 Å². The highest BCUT2D eigenvalue weighted by Crippen LogP contribution is 2.20. The number of likely N-dealkylation sites (tertiary alicyclic amines) is 1. The number of benzene rings is 1. The first-order chi connectivity index (χ1) is 9.72. The second kappa shape index (κ2) is 7.20. The van der Waals surface area contributed by atoms with Crippen LogP contribution in [0, 0.1) is 5.82 Å². The van der Waals surface area contributed by atoms with Crippen LogP contribution in [0.5, 0.6) is 0 Å². The van der Waals surface area contributed by atoms with Crippen molar-refractivity contribution in [3.63, 3.8) is 0 Å². The number of halogens is 1. The predicted octanol–water partition coefficient (Wildman–Crippen LogP) is 2.48. The van der Waals surface area contributed by atoms with Gasteiger partial charge in [-0.1, -0.05) is 24.3 Å². The van der Waals surface area contributed by atoms with Crippen molar-refractivity contribution in [3.8, 4) is 0 Å². The lowest BCUT2D eigenvalue weighted by atomic mass is 10.1. The number of carbonyl (C=O) groups is 1. The van der Waals surface area contributed by atoms with Crippen molar-refractivity contribution < 1.29 is 9.18 Å². The van der Waals surface area contributed by atoms with Gasteiger partial charge in [0.2, 0.25) is 5.91 Å². The Morgan fingerprint density at radius 1 is 1.45 bits per heavy atom. The molecule has 1 unspecified atom stereocenters. The Balaban J connectivity index is 1.74. The minimum absolute atomic E-state index is 0.177. The molecule has 0 aromatic heterocycles. The van der Waals surface area contributed by atoms with Crippen molar-refractivity contribution in [2.45, 2.75) is 31.8 Å². The molecule has 20 heavy (non-hydrogen) atoms. The first-order valence-corrected chi connectivity index (χ1v) is 7.07. The van der Waals surface area contributed by atoms with E-state index in [2.05, 4.69) is 11.9 Å². The monoisotopic (exact) mass is 276 g/mol. The Labute approximate surface area is 119 Å². The van der Waals surface area contributed by atoms with Crippen LogP contribution < -0.4 is 5.32 Å². The van der Waals surface area contributed by atoms with Gasteiger partial charge in [0.1, 0.15) is 5.82 Å². The Morgan fingerprint density at radius 2 is 2.25 bits per heavy atom. The van der Waals surface area contributed by atoms with E-state index in [4.69, 9.17) is 0 Å². The van der Waals surface area contributed by atoms with Gasteiger partial charge >= 0.3 is 0 Å². The summed E-state index contributed by atoms with van der Waals surface area (Å²) in [4.78, 5) is 13.6. The summed E-state index contributed by atoms with van der Waals surface area (Å²) in [6, 6.07) is 7.07. The lowest BCUT2D eigenvalue weighted by Crippen LogP contribution is -2.35. The van der Waals surface area contributed by atoms with Gasteiger partial charge in [-0.3, -0.25) is 4.79 Å². The van der Waals surface area contributed by atoms with Crippen molar-refractivity contribution in [2.24, 2.45) is 0 Å². The summed E-state index contributed by atoms with van der Waals surface area (Å²) in [6.07, 6.45) is 4.21. The minimum Gasteiger partial charge on any atom is -0.336 e. The average Bonchev–Trinajstić information content (AvgIpc) is 2.79. The highest BCUT2D eigenvalue weighted by Gasteiger charge is 2.29. The van der Waals surface area contributed by atoms with Crippen LogP contribution in [0.2, 0.25) is 0 Å². The molecule has 1 atom stereocenters. The van der Waals surface area contributed by atoms with E-state index in [1.807, 2.05) is 11.0 Å². The molecule has 0 spiro atoms. The van der Waals surface area contributed by atoms with Crippen LogP contribution in [-0.2, 0) is 11.3 Å². The van der Waals surface area contributed by atoms with Crippen molar-refractivity contribution in [2.75, 3.05) is 13.1 Å². The Hall–Kier alpha value is -1.68. The summed E-state index contributed by atoms with van der Waals surface area (Å²) in [7, 11) is 0. The number of carbonyl (C=O) groups excluding carboxylic acids is 1. The third kappa shape index (κ3) is 3.67. The van der Waals surface area contributed by atoms with Crippen LogP contribution >= 0.6 is 0 Å². The lowest BCUT2D eigenvalue weighted by Gasteiger charge is -2.23. The van der Waals surface area contributed by atoms with E-state index >= 15 is 0 Å². The van der Waals surface area contributed by atoms with Gasteiger partial charge in [0.25, 0.3) is 0 Å². The molecule has 1 heterocycles. The summed E-state index contributed by atoms with van der Waals surface area (Å²) in [5, 5.41) is 3.24. The van der Waals surface area contributed by atoms with E-state index in [-0.39, 0.29) is 17.8 Å². The lowest BCUT2D eigenvalue weighted by molar-refractivity contribution is -0.128. The Kier molecular flexibility index (Phi) is 5.30. The second-order valence-electron chi connectivity index (χ2n) is 5.08. The molecular formula is C16H21FN2O. The maximum absolute atomic E-state index is 13.4. The first-order valence-electron chi connectivity index (χ1n) is 7.07. The number of nitrogens with one attached hydrogen (secondary N) is 1. The van der Waals surface area contributed by atoms with Gasteiger partial charge in [0, 0.05) is 31.1 Å². The summed E-state index contributed by atoms with van der Waals surface area (Å²) >= 11 is 0. The SMILES string of the molecule is C=CCN1C(=O)CCC1CCNCc1ccccc1F. The summed E-state index contributed by atoms with van der Waals surface area (Å²) in [5.74, 6) is 0.0355. The summed E-state index contributed by atoms with van der Waals surface area (Å²) in [5.41, 5.74) is 0.679. The molecule has 2 rings (SSSR count). The third-order valence-electron chi connectivity index (χ3n) is 3.71. The van der Waals surface area contributed by atoms with Gasteiger partial charge in [-0.15, -0.1) is 6.58 Å². The minimum atomic E-state index is -0.177. The Morgan fingerprint density at radius 3 is 3.00 bits per heavy atom. The topological polar surface area (TPSA) is 32.3 Å². The smallest absolute Gasteiger partial charge is 0.223 e. The molecule has 1 aliphatic heterocycles. The molecule has 1 amide bonds. The van der Waals surface area contributed by atoms with Crippen molar-refractivity contribution in [1.29, 1.82) is 0 Å². The molecule has 1 saturated heterocycles. The van der Waals surface area contributed by atoms with E-state index in [9.17, 15) is 9.18 Å². The Bertz CT molecular complexity index is 475. The largest absolute Gasteiger partial charge is 0.336 e. The van der Waals surface area contributed by atoms with E-state index in [1.54, 1.807) is 18.2 Å². The molecule has 0 saturated carbocycles. The van der Waals surface area contributed by atoms with Gasteiger partial charge < -0.3 is 10.2 Å². The van der Waals surface area contributed by atoms with E-state index in [0.29, 0.717) is 25.1 Å². The predicted molar refractivity (Wildman–Crippen MR) is 77.7 cm³/mol. The van der Waals surface area contributed by atoms with Crippen LogP contribution in [-0.4, -0.2) is 29.9 Å². The molecule has 108 valence electrons. The molecule has 0 radical (unpaired) electrons. The van der Waals surface area contributed by atoms with E-state index < -0.39 is 0 Å². The number of amides is 1. The van der Waals surface area contributed by atoms with E-state index in [1.165, 1.54) is 6.07 Å². The van der Waals surface area contributed by atoms with Gasteiger partial charge in [-0.2, -0.15) is 0 Å². The maximum Gasteiger partial charge on any atom is 0.223 e. The number of hydrogen-bond donors (Lipinski definition) is 1. The average molecular weight is 276 g/mol. The van der Waals surface area contributed by atoms with Crippen LogP contribution in [0.1, 0.15) is 24.8 Å². The van der Waals surface area contributed by atoms with Gasteiger partial charge in [0.15, 0.2) is 0 Å². The highest BCUT2D eigenvalue weighted by atomic mass is 19.1. The first kappa shape index (κ1) is 14.7. The summed E-state index contributed by atoms with van der Waals surface area (Å²) in [6.45, 7) is 5.61. The van der Waals surface area contributed by atoms with Crippen molar-refractivity contribution in [1.82, 2.24) is 10.2 Å². The molecule has 0 aliphatic carbocycles. The zero-order valence-corrected chi connectivity index (χ0v) is 11.6. The molecular weight excluding hydrogens is 255 g/mol. The number of hydrogen-bond acceptors (Lipinski definition) is 2. The molecule has 1 fully saturated rings. The normalized spacial score (nSPS) is 18.6. The van der Waals surface area contributed by atoms with Crippen LogP contribution in [0.15, 0.2) is 36.9 Å². The molecule has 3 nitrogen and oxygen atoms in total. The van der Waals surface area contributed by atoms with Crippen LogP contribution in [0.4, 0.5) is 4.39 Å². The quantitative estimate of drug-likeness (QED) is 0.613. The zero-order valence-electron chi connectivity index (χ0n) is 11.6. The molecule has 0 bridgehead atoms. The highest BCUT2D eigenvalue weighted by molar-refractivity contribution is 5.78.